The molecule has 4 aromatic carbocycles. The third-order valence-corrected chi connectivity index (χ3v) is 9.87. The van der Waals surface area contributed by atoms with Crippen molar-refractivity contribution in [1.29, 1.82) is 0 Å². The molecule has 0 saturated carbocycles. The lowest BCUT2D eigenvalue weighted by atomic mass is 10.0. The van der Waals surface area contributed by atoms with Gasteiger partial charge in [0.25, 0.3) is 10.0 Å². The molecule has 7 nitrogen and oxygen atoms in total. The fraction of sp³-hybridized carbons (Fsp3) is 0.235. The highest BCUT2D eigenvalue weighted by Gasteiger charge is 2.34. The Morgan fingerprint density at radius 1 is 0.844 bits per heavy atom. The largest absolute Gasteiger partial charge is 0.354 e. The van der Waals surface area contributed by atoms with Crippen LogP contribution in [0.25, 0.3) is 0 Å². The number of nitrogens with one attached hydrogen (secondary N) is 1. The maximum absolute atomic E-state index is 14.5. The third-order valence-electron chi connectivity index (χ3n) is 7.11. The Bertz CT molecular complexity index is 1670. The molecule has 0 unspecified atom stereocenters. The molecule has 0 heterocycles. The van der Waals surface area contributed by atoms with Gasteiger partial charge in [-0.2, -0.15) is 0 Å². The van der Waals surface area contributed by atoms with E-state index in [-0.39, 0.29) is 39.5 Å². The minimum atomic E-state index is -4.26. The summed E-state index contributed by atoms with van der Waals surface area (Å²) in [4.78, 5) is 29.7. The first-order valence-electron chi connectivity index (χ1n) is 14.5. The molecule has 0 saturated heterocycles. The van der Waals surface area contributed by atoms with Crippen LogP contribution in [0, 0.1) is 0 Å². The predicted octanol–water partition coefficient (Wildman–Crippen LogP) is 7.51. The van der Waals surface area contributed by atoms with E-state index >= 15 is 0 Å². The number of sulfonamides is 1. The van der Waals surface area contributed by atoms with Crippen molar-refractivity contribution in [2.24, 2.45) is 0 Å². The van der Waals surface area contributed by atoms with Gasteiger partial charge in [-0.1, -0.05) is 113 Å². The van der Waals surface area contributed by atoms with Crippen LogP contribution in [0.1, 0.15) is 30.9 Å². The first-order valence-corrected chi connectivity index (χ1v) is 17.5. The molecule has 0 aliphatic heterocycles. The average Bonchev–Trinajstić information content (AvgIpc) is 3.02. The van der Waals surface area contributed by atoms with Crippen molar-refractivity contribution in [3.05, 3.63) is 129 Å². The second-order valence-electron chi connectivity index (χ2n) is 10.5. The van der Waals surface area contributed by atoms with E-state index in [1.807, 2.05) is 61.5 Å². The number of benzene rings is 4. The summed E-state index contributed by atoms with van der Waals surface area (Å²) in [6.45, 7) is 1.95. The molecule has 4 rings (SSSR count). The number of anilines is 1. The summed E-state index contributed by atoms with van der Waals surface area (Å²) in [6.07, 6.45) is 1.90. The summed E-state index contributed by atoms with van der Waals surface area (Å²) >= 11 is 16.0. The molecule has 4 aromatic rings. The first kappa shape index (κ1) is 34.5. The van der Waals surface area contributed by atoms with E-state index in [4.69, 9.17) is 23.2 Å². The third kappa shape index (κ3) is 9.56. The molecule has 236 valence electrons. The lowest BCUT2D eigenvalue weighted by molar-refractivity contribution is -0.140. The lowest BCUT2D eigenvalue weighted by Gasteiger charge is -2.34. The van der Waals surface area contributed by atoms with Crippen LogP contribution in [-0.4, -0.2) is 44.3 Å². The number of hydrogen-bond donors (Lipinski definition) is 1. The highest BCUT2D eigenvalue weighted by Crippen LogP contribution is 2.30. The molecule has 1 N–H and O–H groups in total. The molecule has 0 bridgehead atoms. The molecule has 0 aromatic heterocycles. The fourth-order valence-electron chi connectivity index (χ4n) is 4.78. The normalized spacial score (nSPS) is 11.9. The molecule has 2 amide bonds. The van der Waals surface area contributed by atoms with Crippen LogP contribution in [0.2, 0.25) is 10.0 Å². The van der Waals surface area contributed by atoms with Gasteiger partial charge in [0, 0.05) is 34.0 Å². The van der Waals surface area contributed by atoms with E-state index in [0.29, 0.717) is 6.54 Å². The highest BCUT2D eigenvalue weighted by atomic mass is 79.9. The highest BCUT2D eigenvalue weighted by molar-refractivity contribution is 9.10. The Hall–Kier alpha value is -3.37. The van der Waals surface area contributed by atoms with Crippen molar-refractivity contribution in [2.45, 2.75) is 43.7 Å². The Morgan fingerprint density at radius 2 is 1.44 bits per heavy atom. The van der Waals surface area contributed by atoms with Crippen LogP contribution in [0.4, 0.5) is 5.69 Å². The van der Waals surface area contributed by atoms with Crippen molar-refractivity contribution in [2.75, 3.05) is 17.4 Å². The Morgan fingerprint density at radius 3 is 2.04 bits per heavy atom. The van der Waals surface area contributed by atoms with Gasteiger partial charge in [-0.25, -0.2) is 8.42 Å². The summed E-state index contributed by atoms with van der Waals surface area (Å²) in [5, 5.41) is 3.40. The van der Waals surface area contributed by atoms with Gasteiger partial charge in [0.15, 0.2) is 0 Å². The molecule has 0 aliphatic carbocycles. The van der Waals surface area contributed by atoms with Crippen LogP contribution in [0.5, 0.6) is 0 Å². The number of nitrogens with zero attached hydrogens (tertiary/aromatic N) is 2. The number of carbonyl (C=O) groups excluding carboxylic acids is 2. The predicted molar refractivity (Wildman–Crippen MR) is 184 cm³/mol. The number of halogens is 3. The smallest absolute Gasteiger partial charge is 0.264 e. The number of rotatable bonds is 14. The number of hydrogen-bond acceptors (Lipinski definition) is 4. The van der Waals surface area contributed by atoms with Gasteiger partial charge in [0.1, 0.15) is 12.6 Å². The fourth-order valence-corrected chi connectivity index (χ4v) is 6.98. The Balaban J connectivity index is 1.80. The zero-order chi connectivity index (χ0) is 32.4. The van der Waals surface area contributed by atoms with Gasteiger partial charge in [-0.15, -0.1) is 0 Å². The zero-order valence-corrected chi connectivity index (χ0v) is 28.6. The Kier molecular flexibility index (Phi) is 12.5. The molecule has 0 radical (unpaired) electrons. The molecule has 0 spiro atoms. The number of carbonyl (C=O) groups is 2. The quantitative estimate of drug-likeness (QED) is 0.136. The van der Waals surface area contributed by atoms with Gasteiger partial charge in [-0.3, -0.25) is 13.9 Å². The molecule has 1 atom stereocenters. The van der Waals surface area contributed by atoms with Crippen LogP contribution in [-0.2, 0) is 32.6 Å². The molecular weight excluding hydrogens is 697 g/mol. The standard InChI is InChI=1S/C34H34BrCl2N3O4S/c1-2-3-18-38-34(42)32(19-25-10-6-4-7-11-25)39(23-26-14-16-27(35)17-15-26)33(41)24-40(30-21-28(36)20-29(37)22-30)45(43,44)31-12-8-5-9-13-31/h4-17,20-22,32H,2-3,18-19,23-24H2,1H3,(H,38,42)/t32-/m0/s1. The van der Waals surface area contributed by atoms with E-state index in [1.165, 1.54) is 35.2 Å². The summed E-state index contributed by atoms with van der Waals surface area (Å²) in [6, 6.07) is 28.1. The molecular formula is C34H34BrCl2N3O4S. The minimum Gasteiger partial charge on any atom is -0.354 e. The minimum absolute atomic E-state index is 0.00787. The van der Waals surface area contributed by atoms with E-state index < -0.39 is 28.5 Å². The van der Waals surface area contributed by atoms with Gasteiger partial charge in [0.2, 0.25) is 11.8 Å². The number of amides is 2. The molecule has 11 heteroatoms. The SMILES string of the molecule is CCCCNC(=O)[C@H](Cc1ccccc1)N(Cc1ccc(Br)cc1)C(=O)CN(c1cc(Cl)cc(Cl)c1)S(=O)(=O)c1ccccc1. The second kappa shape index (κ2) is 16.3. The second-order valence-corrected chi connectivity index (χ2v) is 14.1. The lowest BCUT2D eigenvalue weighted by Crippen LogP contribution is -2.53. The van der Waals surface area contributed by atoms with E-state index in [1.54, 1.807) is 18.2 Å². The molecule has 45 heavy (non-hydrogen) atoms. The summed E-state index contributed by atoms with van der Waals surface area (Å²) in [5.41, 5.74) is 1.76. The Labute approximate surface area is 283 Å². The summed E-state index contributed by atoms with van der Waals surface area (Å²) in [7, 11) is -4.26. The van der Waals surface area contributed by atoms with Gasteiger partial charge in [0.05, 0.1) is 10.6 Å². The van der Waals surface area contributed by atoms with Crippen molar-refractivity contribution >= 4 is 66.7 Å². The van der Waals surface area contributed by atoms with Crippen LogP contribution in [0.15, 0.2) is 112 Å². The van der Waals surface area contributed by atoms with Gasteiger partial charge >= 0.3 is 0 Å². The van der Waals surface area contributed by atoms with E-state index in [2.05, 4.69) is 21.2 Å². The van der Waals surface area contributed by atoms with Crippen LogP contribution in [0.3, 0.4) is 0 Å². The molecule has 0 aliphatic rings. The number of unbranched alkanes of at least 4 members (excludes halogenated alkanes) is 1. The average molecular weight is 732 g/mol. The summed E-state index contributed by atoms with van der Waals surface area (Å²) < 4.78 is 30.0. The van der Waals surface area contributed by atoms with Crippen molar-refractivity contribution in [3.63, 3.8) is 0 Å². The maximum atomic E-state index is 14.5. The monoisotopic (exact) mass is 729 g/mol. The van der Waals surface area contributed by atoms with Gasteiger partial charge < -0.3 is 10.2 Å². The van der Waals surface area contributed by atoms with Crippen molar-refractivity contribution < 1.29 is 18.0 Å². The van der Waals surface area contributed by atoms with Crippen molar-refractivity contribution in [1.82, 2.24) is 10.2 Å². The zero-order valence-electron chi connectivity index (χ0n) is 24.7. The van der Waals surface area contributed by atoms with E-state index in [9.17, 15) is 18.0 Å². The topological polar surface area (TPSA) is 86.8 Å². The van der Waals surface area contributed by atoms with Crippen LogP contribution >= 0.6 is 39.1 Å². The molecule has 0 fully saturated rings. The van der Waals surface area contributed by atoms with Crippen molar-refractivity contribution in [3.8, 4) is 0 Å². The van der Waals surface area contributed by atoms with E-state index in [0.717, 1.165) is 32.7 Å². The van der Waals surface area contributed by atoms with Gasteiger partial charge in [-0.05, 0) is 60.0 Å². The maximum Gasteiger partial charge on any atom is 0.264 e. The first-order chi connectivity index (χ1) is 21.6. The summed E-state index contributed by atoms with van der Waals surface area (Å²) in [5.74, 6) is -0.888. The van der Waals surface area contributed by atoms with Crippen LogP contribution < -0.4 is 9.62 Å².